The first-order valence-electron chi connectivity index (χ1n) is 7.32. The van der Waals surface area contributed by atoms with Crippen LogP contribution >= 0.6 is 11.8 Å². The number of nitrogens with one attached hydrogen (secondary N) is 1. The van der Waals surface area contributed by atoms with Gasteiger partial charge in [-0.2, -0.15) is 0 Å². The van der Waals surface area contributed by atoms with Crippen molar-refractivity contribution in [3.05, 3.63) is 53.1 Å². The Kier molecular flexibility index (Phi) is 5.50. The Balaban J connectivity index is 1.85. The van der Waals surface area contributed by atoms with E-state index in [9.17, 15) is 4.79 Å². The van der Waals surface area contributed by atoms with Crippen molar-refractivity contribution >= 4 is 29.0 Å². The molecule has 0 aliphatic rings. The van der Waals surface area contributed by atoms with Gasteiger partial charge in [0.15, 0.2) is 0 Å². The molecule has 0 saturated carbocycles. The number of hydrogen-bond donors (Lipinski definition) is 2. The van der Waals surface area contributed by atoms with E-state index >= 15 is 0 Å². The van der Waals surface area contributed by atoms with Gasteiger partial charge in [0.05, 0.1) is 0 Å². The SMILES string of the molecule is Cc1ccc(SCCC(=O)Nc2cc(N)ccc2C)cc1C. The third kappa shape index (κ3) is 4.53. The van der Waals surface area contributed by atoms with Crippen LogP contribution < -0.4 is 11.1 Å². The van der Waals surface area contributed by atoms with Crippen molar-refractivity contribution in [3.8, 4) is 0 Å². The molecule has 0 unspecified atom stereocenters. The summed E-state index contributed by atoms with van der Waals surface area (Å²) in [6.45, 7) is 6.17. The summed E-state index contributed by atoms with van der Waals surface area (Å²) < 4.78 is 0. The number of benzene rings is 2. The zero-order valence-electron chi connectivity index (χ0n) is 13.3. The van der Waals surface area contributed by atoms with Crippen LogP contribution in [0.25, 0.3) is 0 Å². The summed E-state index contributed by atoms with van der Waals surface area (Å²) in [5.74, 6) is 0.778. The smallest absolute Gasteiger partial charge is 0.225 e. The summed E-state index contributed by atoms with van der Waals surface area (Å²) in [4.78, 5) is 13.2. The highest BCUT2D eigenvalue weighted by molar-refractivity contribution is 7.99. The second-order valence-electron chi connectivity index (χ2n) is 5.47. The third-order valence-electron chi connectivity index (χ3n) is 3.61. The summed E-state index contributed by atoms with van der Waals surface area (Å²) in [5, 5.41) is 2.93. The van der Waals surface area contributed by atoms with Gasteiger partial charge in [-0.25, -0.2) is 0 Å². The van der Waals surface area contributed by atoms with Crippen LogP contribution in [-0.4, -0.2) is 11.7 Å². The highest BCUT2D eigenvalue weighted by atomic mass is 32.2. The molecule has 0 aliphatic heterocycles. The van der Waals surface area contributed by atoms with Crippen LogP contribution in [0.2, 0.25) is 0 Å². The van der Waals surface area contributed by atoms with Gasteiger partial charge in [0.2, 0.25) is 5.91 Å². The topological polar surface area (TPSA) is 55.1 Å². The number of thioether (sulfide) groups is 1. The number of anilines is 2. The van der Waals surface area contributed by atoms with Crippen molar-refractivity contribution in [2.75, 3.05) is 16.8 Å². The van der Waals surface area contributed by atoms with Gasteiger partial charge in [-0.15, -0.1) is 11.8 Å². The van der Waals surface area contributed by atoms with Crippen molar-refractivity contribution in [2.45, 2.75) is 32.1 Å². The Morgan fingerprint density at radius 3 is 2.50 bits per heavy atom. The van der Waals surface area contributed by atoms with Crippen molar-refractivity contribution in [2.24, 2.45) is 0 Å². The molecule has 22 heavy (non-hydrogen) atoms. The molecule has 0 heterocycles. The summed E-state index contributed by atoms with van der Waals surface area (Å²) in [7, 11) is 0. The van der Waals surface area contributed by atoms with Gasteiger partial charge in [0.1, 0.15) is 0 Å². The summed E-state index contributed by atoms with van der Waals surface area (Å²) in [5.41, 5.74) is 10.8. The second-order valence-corrected chi connectivity index (χ2v) is 6.64. The van der Waals surface area contributed by atoms with E-state index in [-0.39, 0.29) is 5.91 Å². The summed E-state index contributed by atoms with van der Waals surface area (Å²) in [6.07, 6.45) is 0.478. The van der Waals surface area contributed by atoms with Crippen LogP contribution in [0.3, 0.4) is 0 Å². The number of carbonyl (C=O) groups is 1. The van der Waals surface area contributed by atoms with Gasteiger partial charge in [-0.1, -0.05) is 12.1 Å². The van der Waals surface area contributed by atoms with Crippen molar-refractivity contribution in [1.82, 2.24) is 0 Å². The molecular weight excluding hydrogens is 292 g/mol. The van der Waals surface area contributed by atoms with Gasteiger partial charge in [0, 0.05) is 28.4 Å². The average Bonchev–Trinajstić information content (AvgIpc) is 2.47. The van der Waals surface area contributed by atoms with Gasteiger partial charge >= 0.3 is 0 Å². The molecule has 1 amide bonds. The Bertz CT molecular complexity index is 683. The number of hydrogen-bond acceptors (Lipinski definition) is 3. The first-order valence-corrected chi connectivity index (χ1v) is 8.30. The van der Waals surface area contributed by atoms with Crippen LogP contribution in [0.15, 0.2) is 41.3 Å². The zero-order valence-corrected chi connectivity index (χ0v) is 14.1. The molecule has 0 aromatic heterocycles. The minimum Gasteiger partial charge on any atom is -0.399 e. The molecule has 2 aromatic carbocycles. The van der Waals surface area contributed by atoms with Gasteiger partial charge in [-0.3, -0.25) is 4.79 Å². The standard InChI is InChI=1S/C18H22N2OS/c1-12-5-7-16(10-14(12)3)22-9-8-18(21)20-17-11-15(19)6-4-13(17)2/h4-7,10-11H,8-9,19H2,1-3H3,(H,20,21). The number of aryl methyl sites for hydroxylation is 3. The molecule has 0 saturated heterocycles. The van der Waals surface area contributed by atoms with Gasteiger partial charge < -0.3 is 11.1 Å². The molecule has 0 radical (unpaired) electrons. The lowest BCUT2D eigenvalue weighted by Gasteiger charge is -2.09. The van der Waals surface area contributed by atoms with Crippen LogP contribution in [0, 0.1) is 20.8 Å². The van der Waals surface area contributed by atoms with E-state index < -0.39 is 0 Å². The minimum atomic E-state index is 0.0185. The molecule has 0 bridgehead atoms. The normalized spacial score (nSPS) is 10.5. The fraction of sp³-hybridized carbons (Fsp3) is 0.278. The second kappa shape index (κ2) is 7.36. The number of carbonyl (C=O) groups excluding carboxylic acids is 1. The zero-order chi connectivity index (χ0) is 16.1. The van der Waals surface area contributed by atoms with Gasteiger partial charge in [0.25, 0.3) is 0 Å². The van der Waals surface area contributed by atoms with E-state index in [1.165, 1.54) is 16.0 Å². The summed E-state index contributed by atoms with van der Waals surface area (Å²) >= 11 is 1.70. The molecule has 0 spiro atoms. The maximum absolute atomic E-state index is 12.0. The maximum atomic E-state index is 12.0. The van der Waals surface area contributed by atoms with Crippen molar-refractivity contribution < 1.29 is 4.79 Å². The Hall–Kier alpha value is -1.94. The fourth-order valence-corrected chi connectivity index (χ4v) is 3.00. The molecule has 4 heteroatoms. The third-order valence-corrected chi connectivity index (χ3v) is 4.61. The van der Waals surface area contributed by atoms with Crippen molar-refractivity contribution in [1.29, 1.82) is 0 Å². The molecule has 0 fully saturated rings. The number of nitrogens with two attached hydrogens (primary N) is 1. The minimum absolute atomic E-state index is 0.0185. The lowest BCUT2D eigenvalue weighted by Crippen LogP contribution is -2.13. The van der Waals surface area contributed by atoms with Crippen molar-refractivity contribution in [3.63, 3.8) is 0 Å². The van der Waals surface area contributed by atoms with Gasteiger partial charge in [-0.05, 0) is 61.7 Å². The molecule has 0 atom stereocenters. The fourth-order valence-electron chi connectivity index (χ4n) is 2.05. The van der Waals surface area contributed by atoms with Crippen LogP contribution in [-0.2, 0) is 4.79 Å². The first-order chi connectivity index (χ1) is 10.5. The Labute approximate surface area is 136 Å². The Morgan fingerprint density at radius 1 is 1.05 bits per heavy atom. The predicted molar refractivity (Wildman–Crippen MR) is 95.5 cm³/mol. The summed E-state index contributed by atoms with van der Waals surface area (Å²) in [6, 6.07) is 11.9. The highest BCUT2D eigenvalue weighted by Gasteiger charge is 2.06. The predicted octanol–water partition coefficient (Wildman–Crippen LogP) is 4.31. The van der Waals surface area contributed by atoms with Crippen LogP contribution in [0.4, 0.5) is 11.4 Å². The van der Waals surface area contributed by atoms with E-state index in [1.54, 1.807) is 17.8 Å². The Morgan fingerprint density at radius 2 is 1.77 bits per heavy atom. The quantitative estimate of drug-likeness (QED) is 0.638. The molecule has 2 rings (SSSR count). The molecule has 3 N–H and O–H groups in total. The highest BCUT2D eigenvalue weighted by Crippen LogP contribution is 2.22. The molecule has 3 nitrogen and oxygen atoms in total. The molecule has 0 aliphatic carbocycles. The number of amides is 1. The van der Waals surface area contributed by atoms with Crippen LogP contribution in [0.5, 0.6) is 0 Å². The average molecular weight is 314 g/mol. The molecule has 2 aromatic rings. The largest absolute Gasteiger partial charge is 0.399 e. The van der Waals surface area contributed by atoms with E-state index in [1.807, 2.05) is 19.1 Å². The molecular formula is C18H22N2OS. The lowest BCUT2D eigenvalue weighted by atomic mass is 10.1. The van der Waals surface area contributed by atoms with E-state index in [0.29, 0.717) is 12.1 Å². The monoisotopic (exact) mass is 314 g/mol. The van der Waals surface area contributed by atoms with E-state index in [4.69, 9.17) is 5.73 Å². The number of nitrogen functional groups attached to an aromatic ring is 1. The van der Waals surface area contributed by atoms with E-state index in [2.05, 4.69) is 37.4 Å². The lowest BCUT2D eigenvalue weighted by molar-refractivity contribution is -0.115. The van der Waals surface area contributed by atoms with E-state index in [0.717, 1.165) is 17.0 Å². The maximum Gasteiger partial charge on any atom is 0.225 e. The number of rotatable bonds is 5. The first kappa shape index (κ1) is 16.4. The molecule has 116 valence electrons. The van der Waals surface area contributed by atoms with Crippen LogP contribution in [0.1, 0.15) is 23.1 Å².